The second-order valence-electron chi connectivity index (χ2n) is 8.95. The summed E-state index contributed by atoms with van der Waals surface area (Å²) in [5.41, 5.74) is 3.36. The van der Waals surface area contributed by atoms with Crippen LogP contribution in [-0.4, -0.2) is 41.8 Å². The molecule has 0 fully saturated rings. The van der Waals surface area contributed by atoms with Crippen LogP contribution < -0.4 is 5.56 Å². The number of aromatic nitrogens is 4. The van der Waals surface area contributed by atoms with Crippen LogP contribution in [0.25, 0.3) is 22.4 Å². The van der Waals surface area contributed by atoms with Crippen LogP contribution >= 0.6 is 11.8 Å². The summed E-state index contributed by atoms with van der Waals surface area (Å²) in [5, 5.41) is 9.94. The maximum atomic E-state index is 13.5. The second-order valence-corrected chi connectivity index (χ2v) is 9.89. The van der Waals surface area contributed by atoms with Gasteiger partial charge in [-0.2, -0.15) is 0 Å². The summed E-state index contributed by atoms with van der Waals surface area (Å²) in [6.45, 7) is 6.55. The van der Waals surface area contributed by atoms with Crippen molar-refractivity contribution in [2.24, 2.45) is 0 Å². The summed E-state index contributed by atoms with van der Waals surface area (Å²) in [6.07, 6.45) is 0. The maximum Gasteiger partial charge on any atom is 0.267 e. The number of carbonyl (C=O) groups is 1. The molecule has 2 aromatic heterocycles. The van der Waals surface area contributed by atoms with Crippen molar-refractivity contribution in [3.05, 3.63) is 100 Å². The molecular weight excluding hydrogens is 470 g/mol. The summed E-state index contributed by atoms with van der Waals surface area (Å²) in [4.78, 5) is 28.7. The van der Waals surface area contributed by atoms with Gasteiger partial charge in [0.25, 0.3) is 5.56 Å². The SMILES string of the molecule is Cc1ccccc1-n1c(=O)c2ccccc2n2c(SCC(=O)N(Cc3ccccc3)C(C)C)nnc12. The van der Waals surface area contributed by atoms with Crippen LogP contribution in [-0.2, 0) is 11.3 Å². The van der Waals surface area contributed by atoms with Crippen LogP contribution in [0.15, 0.2) is 88.8 Å². The molecule has 0 atom stereocenters. The van der Waals surface area contributed by atoms with E-state index >= 15 is 0 Å². The predicted octanol–water partition coefficient (Wildman–Crippen LogP) is 4.87. The smallest absolute Gasteiger partial charge is 0.267 e. The molecule has 36 heavy (non-hydrogen) atoms. The fourth-order valence-corrected chi connectivity index (χ4v) is 5.18. The molecule has 182 valence electrons. The van der Waals surface area contributed by atoms with Crippen LogP contribution in [0.4, 0.5) is 0 Å². The first kappa shape index (κ1) is 23.8. The summed E-state index contributed by atoms with van der Waals surface area (Å²) in [5.74, 6) is 0.656. The zero-order valence-corrected chi connectivity index (χ0v) is 21.3. The predicted molar refractivity (Wildman–Crippen MR) is 144 cm³/mol. The molecule has 0 aliphatic heterocycles. The first-order valence-electron chi connectivity index (χ1n) is 11.9. The molecule has 0 unspecified atom stereocenters. The third kappa shape index (κ3) is 4.40. The zero-order chi connectivity index (χ0) is 25.2. The minimum atomic E-state index is -0.152. The average molecular weight is 498 g/mol. The van der Waals surface area contributed by atoms with Crippen molar-refractivity contribution in [3.63, 3.8) is 0 Å². The lowest BCUT2D eigenvalue weighted by molar-refractivity contribution is -0.130. The van der Waals surface area contributed by atoms with Gasteiger partial charge in [-0.1, -0.05) is 72.4 Å². The highest BCUT2D eigenvalue weighted by atomic mass is 32.2. The van der Waals surface area contributed by atoms with Crippen molar-refractivity contribution in [1.29, 1.82) is 0 Å². The van der Waals surface area contributed by atoms with Crippen LogP contribution in [0.2, 0.25) is 0 Å². The van der Waals surface area contributed by atoms with Gasteiger partial charge in [-0.25, -0.2) is 4.57 Å². The number of hydrogen-bond donors (Lipinski definition) is 0. The minimum absolute atomic E-state index is 0.0205. The lowest BCUT2D eigenvalue weighted by atomic mass is 10.2. The number of aryl methyl sites for hydroxylation is 1. The lowest BCUT2D eigenvalue weighted by Crippen LogP contribution is -2.37. The van der Waals surface area contributed by atoms with E-state index in [-0.39, 0.29) is 23.3 Å². The molecule has 0 saturated heterocycles. The van der Waals surface area contributed by atoms with Crippen LogP contribution in [0.1, 0.15) is 25.0 Å². The van der Waals surface area contributed by atoms with Gasteiger partial charge in [0, 0.05) is 12.6 Å². The first-order valence-corrected chi connectivity index (χ1v) is 12.9. The van der Waals surface area contributed by atoms with Gasteiger partial charge >= 0.3 is 0 Å². The van der Waals surface area contributed by atoms with Gasteiger partial charge in [-0.15, -0.1) is 10.2 Å². The Morgan fingerprint density at radius 1 is 0.944 bits per heavy atom. The van der Waals surface area contributed by atoms with E-state index in [4.69, 9.17) is 0 Å². The standard InChI is InChI=1S/C28H27N5O2S/c1-19(2)31(17-21-12-5-4-6-13-21)25(34)18-36-28-30-29-27-32(23-15-9-7-11-20(23)3)26(35)22-14-8-10-16-24(22)33(27)28/h4-16,19H,17-18H2,1-3H3. The molecule has 2 heterocycles. The monoisotopic (exact) mass is 497 g/mol. The molecular formula is C28H27N5O2S. The summed E-state index contributed by atoms with van der Waals surface area (Å²) >= 11 is 1.33. The van der Waals surface area contributed by atoms with E-state index in [1.165, 1.54) is 11.8 Å². The van der Waals surface area contributed by atoms with Crippen molar-refractivity contribution in [3.8, 4) is 5.69 Å². The Labute approximate surface area is 213 Å². The Morgan fingerprint density at radius 2 is 1.64 bits per heavy atom. The topological polar surface area (TPSA) is 72.5 Å². The molecule has 0 spiro atoms. The van der Waals surface area contributed by atoms with E-state index in [0.29, 0.717) is 28.4 Å². The highest BCUT2D eigenvalue weighted by Crippen LogP contribution is 2.25. The highest BCUT2D eigenvalue weighted by Gasteiger charge is 2.22. The summed E-state index contributed by atoms with van der Waals surface area (Å²) in [6, 6.07) is 25.2. The molecule has 1 amide bonds. The van der Waals surface area contributed by atoms with Crippen molar-refractivity contribution >= 4 is 34.3 Å². The van der Waals surface area contributed by atoms with Crippen molar-refractivity contribution in [2.75, 3.05) is 5.75 Å². The van der Waals surface area contributed by atoms with Gasteiger partial charge < -0.3 is 4.90 Å². The molecule has 0 aliphatic carbocycles. The third-order valence-electron chi connectivity index (χ3n) is 6.22. The number of hydrogen-bond acceptors (Lipinski definition) is 5. The molecule has 7 nitrogen and oxygen atoms in total. The van der Waals surface area contributed by atoms with E-state index in [9.17, 15) is 9.59 Å². The largest absolute Gasteiger partial charge is 0.335 e. The lowest BCUT2D eigenvalue weighted by Gasteiger charge is -2.26. The fraction of sp³-hybridized carbons (Fsp3) is 0.214. The average Bonchev–Trinajstić information content (AvgIpc) is 3.31. The molecule has 0 N–H and O–H groups in total. The van der Waals surface area contributed by atoms with Crippen LogP contribution in [0.5, 0.6) is 0 Å². The number of rotatable bonds is 7. The molecule has 5 aromatic rings. The van der Waals surface area contributed by atoms with E-state index in [0.717, 1.165) is 16.8 Å². The van der Waals surface area contributed by atoms with Gasteiger partial charge in [-0.05, 0) is 50.1 Å². The molecule has 0 radical (unpaired) electrons. The molecule has 0 bridgehead atoms. The number of carbonyl (C=O) groups excluding carboxylic acids is 1. The molecule has 0 aliphatic rings. The Kier molecular flexibility index (Phi) is 6.61. The summed E-state index contributed by atoms with van der Waals surface area (Å²) in [7, 11) is 0. The number of para-hydroxylation sites is 2. The first-order chi connectivity index (χ1) is 17.5. The Hall–Kier alpha value is -3.91. The van der Waals surface area contributed by atoms with E-state index in [1.54, 1.807) is 4.57 Å². The van der Waals surface area contributed by atoms with E-state index in [2.05, 4.69) is 10.2 Å². The highest BCUT2D eigenvalue weighted by molar-refractivity contribution is 7.99. The number of nitrogens with zero attached hydrogens (tertiary/aromatic N) is 5. The maximum absolute atomic E-state index is 13.5. The number of amides is 1. The van der Waals surface area contributed by atoms with Gasteiger partial charge in [0.2, 0.25) is 11.7 Å². The van der Waals surface area contributed by atoms with Crippen molar-refractivity contribution < 1.29 is 4.79 Å². The number of thioether (sulfide) groups is 1. The Bertz CT molecular complexity index is 1610. The van der Waals surface area contributed by atoms with Crippen molar-refractivity contribution in [1.82, 2.24) is 24.1 Å². The van der Waals surface area contributed by atoms with Gasteiger partial charge in [0.1, 0.15) is 0 Å². The zero-order valence-electron chi connectivity index (χ0n) is 20.5. The molecule has 0 saturated carbocycles. The van der Waals surface area contributed by atoms with Crippen LogP contribution in [0, 0.1) is 6.92 Å². The van der Waals surface area contributed by atoms with E-state index < -0.39 is 0 Å². The minimum Gasteiger partial charge on any atom is -0.335 e. The molecule has 8 heteroatoms. The molecule has 5 rings (SSSR count). The third-order valence-corrected chi connectivity index (χ3v) is 7.13. The fourth-order valence-electron chi connectivity index (χ4n) is 4.35. The second kappa shape index (κ2) is 9.99. The van der Waals surface area contributed by atoms with Crippen molar-refractivity contribution in [2.45, 2.75) is 38.5 Å². The van der Waals surface area contributed by atoms with Gasteiger partial charge in [0.05, 0.1) is 22.3 Å². The molecule has 3 aromatic carbocycles. The quantitative estimate of drug-likeness (QED) is 0.300. The van der Waals surface area contributed by atoms with Gasteiger partial charge in [-0.3, -0.25) is 14.0 Å². The number of fused-ring (bicyclic) bond motifs is 3. The van der Waals surface area contributed by atoms with Crippen LogP contribution in [0.3, 0.4) is 0 Å². The number of benzene rings is 3. The normalized spacial score (nSPS) is 11.4. The Morgan fingerprint density at radius 3 is 2.39 bits per heavy atom. The Balaban J connectivity index is 1.54. The van der Waals surface area contributed by atoms with Gasteiger partial charge in [0.15, 0.2) is 5.16 Å². The van der Waals surface area contributed by atoms with E-state index in [1.807, 2.05) is 109 Å². The summed E-state index contributed by atoms with van der Waals surface area (Å²) < 4.78 is 3.48.